The molecule has 0 spiro atoms. The number of nitrogens with one attached hydrogen (secondary N) is 1. The van der Waals surface area contributed by atoms with Gasteiger partial charge in [-0.2, -0.15) is 0 Å². The molecule has 12 heavy (non-hydrogen) atoms. The van der Waals surface area contributed by atoms with E-state index in [1.165, 1.54) is 13.2 Å². The molecular formula is C7H11NO4. The van der Waals surface area contributed by atoms with Crippen molar-refractivity contribution in [3.05, 3.63) is 12.7 Å². The first-order chi connectivity index (χ1) is 5.61. The highest BCUT2D eigenvalue weighted by atomic mass is 16.5. The standard InChI is InChI=1S/C7H11NO4/c1-3-4-5(12-2)6(9)8-7(10)11/h3,5H,1,4H2,2H3,(H,8,9)(H,10,11). The van der Waals surface area contributed by atoms with Gasteiger partial charge >= 0.3 is 6.09 Å². The Morgan fingerprint density at radius 1 is 1.75 bits per heavy atom. The van der Waals surface area contributed by atoms with Crippen LogP contribution in [0.4, 0.5) is 4.79 Å². The fraction of sp³-hybridized carbons (Fsp3) is 0.429. The number of rotatable bonds is 4. The summed E-state index contributed by atoms with van der Waals surface area (Å²) >= 11 is 0. The van der Waals surface area contributed by atoms with Crippen molar-refractivity contribution in [2.45, 2.75) is 12.5 Å². The van der Waals surface area contributed by atoms with Crippen molar-refractivity contribution in [3.63, 3.8) is 0 Å². The number of carboxylic acid groups (broad SMARTS) is 1. The summed E-state index contributed by atoms with van der Waals surface area (Å²) in [5.74, 6) is -0.676. The zero-order valence-corrected chi connectivity index (χ0v) is 6.74. The zero-order chi connectivity index (χ0) is 9.56. The first-order valence-electron chi connectivity index (χ1n) is 3.29. The van der Waals surface area contributed by atoms with Crippen LogP contribution in [0.15, 0.2) is 12.7 Å². The number of hydrogen-bond acceptors (Lipinski definition) is 3. The van der Waals surface area contributed by atoms with Crippen LogP contribution in [0.3, 0.4) is 0 Å². The molecule has 0 aromatic carbocycles. The Hall–Kier alpha value is -1.36. The van der Waals surface area contributed by atoms with E-state index in [1.807, 2.05) is 0 Å². The Morgan fingerprint density at radius 2 is 2.33 bits per heavy atom. The fourth-order valence-corrected chi connectivity index (χ4v) is 0.648. The van der Waals surface area contributed by atoms with E-state index >= 15 is 0 Å². The van der Waals surface area contributed by atoms with Crippen LogP contribution in [0.5, 0.6) is 0 Å². The minimum atomic E-state index is -1.38. The van der Waals surface area contributed by atoms with Gasteiger partial charge in [0.1, 0.15) is 6.10 Å². The number of hydrogen-bond donors (Lipinski definition) is 2. The van der Waals surface area contributed by atoms with Crippen LogP contribution in [0, 0.1) is 0 Å². The van der Waals surface area contributed by atoms with E-state index in [0.717, 1.165) is 0 Å². The van der Waals surface area contributed by atoms with E-state index in [9.17, 15) is 9.59 Å². The molecular weight excluding hydrogens is 162 g/mol. The van der Waals surface area contributed by atoms with Crippen molar-refractivity contribution in [2.24, 2.45) is 0 Å². The normalized spacial score (nSPS) is 11.8. The molecule has 2 N–H and O–H groups in total. The second-order valence-electron chi connectivity index (χ2n) is 2.04. The fourth-order valence-electron chi connectivity index (χ4n) is 0.648. The van der Waals surface area contributed by atoms with Gasteiger partial charge in [0.2, 0.25) is 0 Å². The molecule has 0 heterocycles. The summed E-state index contributed by atoms with van der Waals surface area (Å²) < 4.78 is 4.71. The van der Waals surface area contributed by atoms with Crippen molar-refractivity contribution in [2.75, 3.05) is 7.11 Å². The van der Waals surface area contributed by atoms with Gasteiger partial charge in [-0.1, -0.05) is 6.08 Å². The molecule has 1 unspecified atom stereocenters. The second-order valence-corrected chi connectivity index (χ2v) is 2.04. The third kappa shape index (κ3) is 3.72. The van der Waals surface area contributed by atoms with Crippen molar-refractivity contribution in [3.8, 4) is 0 Å². The molecule has 0 aromatic heterocycles. The van der Waals surface area contributed by atoms with Crippen LogP contribution in [-0.2, 0) is 9.53 Å². The van der Waals surface area contributed by atoms with Crippen molar-refractivity contribution >= 4 is 12.0 Å². The number of carbonyl (C=O) groups is 2. The van der Waals surface area contributed by atoms with E-state index < -0.39 is 18.1 Å². The van der Waals surface area contributed by atoms with Crippen LogP contribution in [-0.4, -0.2) is 30.3 Å². The topological polar surface area (TPSA) is 75.6 Å². The molecule has 0 bridgehead atoms. The smallest absolute Gasteiger partial charge is 0.411 e. The third-order valence-electron chi connectivity index (χ3n) is 1.19. The zero-order valence-electron chi connectivity index (χ0n) is 6.74. The van der Waals surface area contributed by atoms with Gasteiger partial charge < -0.3 is 9.84 Å². The molecule has 5 nitrogen and oxygen atoms in total. The van der Waals surface area contributed by atoms with Crippen LogP contribution in [0.2, 0.25) is 0 Å². The van der Waals surface area contributed by atoms with E-state index in [2.05, 4.69) is 6.58 Å². The summed E-state index contributed by atoms with van der Waals surface area (Å²) in [6.45, 7) is 3.40. The van der Waals surface area contributed by atoms with Crippen LogP contribution < -0.4 is 5.32 Å². The lowest BCUT2D eigenvalue weighted by atomic mass is 10.2. The Bertz CT molecular complexity index is 190. The van der Waals surface area contributed by atoms with Gasteiger partial charge in [0.25, 0.3) is 5.91 Å². The molecule has 0 saturated heterocycles. The lowest BCUT2D eigenvalue weighted by molar-refractivity contribution is -0.129. The average molecular weight is 173 g/mol. The molecule has 5 heteroatoms. The third-order valence-corrected chi connectivity index (χ3v) is 1.19. The van der Waals surface area contributed by atoms with Gasteiger partial charge in [-0.25, -0.2) is 4.79 Å². The van der Waals surface area contributed by atoms with Crippen LogP contribution >= 0.6 is 0 Å². The average Bonchev–Trinajstić information content (AvgIpc) is 1.98. The van der Waals surface area contributed by atoms with E-state index in [-0.39, 0.29) is 6.42 Å². The van der Waals surface area contributed by atoms with Gasteiger partial charge in [0, 0.05) is 13.5 Å². The van der Waals surface area contributed by atoms with Gasteiger partial charge in [0.15, 0.2) is 0 Å². The SMILES string of the molecule is C=CCC(OC)C(=O)NC(=O)O. The number of ether oxygens (including phenoxy) is 1. The van der Waals surface area contributed by atoms with Gasteiger partial charge in [0.05, 0.1) is 0 Å². The Labute approximate surface area is 70.0 Å². The van der Waals surface area contributed by atoms with Crippen molar-refractivity contribution in [1.82, 2.24) is 5.32 Å². The predicted molar refractivity (Wildman–Crippen MR) is 41.8 cm³/mol. The van der Waals surface area contributed by atoms with Crippen molar-refractivity contribution < 1.29 is 19.4 Å². The van der Waals surface area contributed by atoms with Crippen LogP contribution in [0.1, 0.15) is 6.42 Å². The molecule has 0 rings (SSSR count). The van der Waals surface area contributed by atoms with Crippen LogP contribution in [0.25, 0.3) is 0 Å². The Kier molecular flexibility index (Phi) is 4.71. The van der Waals surface area contributed by atoms with E-state index in [1.54, 1.807) is 5.32 Å². The molecule has 0 aliphatic carbocycles. The number of imide groups is 1. The monoisotopic (exact) mass is 173 g/mol. The quantitative estimate of drug-likeness (QED) is 0.602. The highest BCUT2D eigenvalue weighted by molar-refractivity contribution is 5.93. The Balaban J connectivity index is 4.02. The largest absolute Gasteiger partial charge is 0.465 e. The summed E-state index contributed by atoms with van der Waals surface area (Å²) in [4.78, 5) is 20.9. The first-order valence-corrected chi connectivity index (χ1v) is 3.29. The molecule has 2 amide bonds. The maximum Gasteiger partial charge on any atom is 0.411 e. The highest BCUT2D eigenvalue weighted by Gasteiger charge is 2.17. The summed E-state index contributed by atoms with van der Waals surface area (Å²) in [6.07, 6.45) is -0.393. The van der Waals surface area contributed by atoms with Gasteiger partial charge in [-0.05, 0) is 0 Å². The minimum absolute atomic E-state index is 0.287. The number of methoxy groups -OCH3 is 1. The molecule has 68 valence electrons. The molecule has 1 atom stereocenters. The number of amides is 2. The summed E-state index contributed by atoms with van der Waals surface area (Å²) in [5.41, 5.74) is 0. The summed E-state index contributed by atoms with van der Waals surface area (Å²) in [7, 11) is 1.33. The molecule has 0 aliphatic heterocycles. The molecule has 0 aromatic rings. The Morgan fingerprint density at radius 3 is 2.67 bits per heavy atom. The van der Waals surface area contributed by atoms with Gasteiger partial charge in [-0.3, -0.25) is 10.1 Å². The lowest BCUT2D eigenvalue weighted by Crippen LogP contribution is -2.38. The first kappa shape index (κ1) is 10.6. The maximum absolute atomic E-state index is 10.9. The second kappa shape index (κ2) is 5.31. The predicted octanol–water partition coefficient (Wildman–Crippen LogP) is 0.372. The molecule has 0 saturated carbocycles. The molecule has 0 radical (unpaired) electrons. The minimum Gasteiger partial charge on any atom is -0.465 e. The lowest BCUT2D eigenvalue weighted by Gasteiger charge is -2.10. The van der Waals surface area contributed by atoms with Gasteiger partial charge in [-0.15, -0.1) is 6.58 Å². The highest BCUT2D eigenvalue weighted by Crippen LogP contribution is 1.97. The van der Waals surface area contributed by atoms with E-state index in [4.69, 9.17) is 9.84 Å². The summed E-state index contributed by atoms with van der Waals surface area (Å²) in [6, 6.07) is 0. The maximum atomic E-state index is 10.9. The summed E-state index contributed by atoms with van der Waals surface area (Å²) in [5, 5.41) is 9.87. The van der Waals surface area contributed by atoms with E-state index in [0.29, 0.717) is 0 Å². The number of carbonyl (C=O) groups excluding carboxylic acids is 1. The van der Waals surface area contributed by atoms with Crippen molar-refractivity contribution in [1.29, 1.82) is 0 Å². The molecule has 0 fully saturated rings. The molecule has 0 aliphatic rings.